The van der Waals surface area contributed by atoms with Gasteiger partial charge in [-0.1, -0.05) is 50.2 Å². The summed E-state index contributed by atoms with van der Waals surface area (Å²) >= 11 is 0. The number of carbonyl (C=O) groups excluding carboxylic acids is 2. The lowest BCUT2D eigenvalue weighted by molar-refractivity contribution is -0.217. The summed E-state index contributed by atoms with van der Waals surface area (Å²) in [4.78, 5) is 29.1. The topological polar surface area (TPSA) is 71.1 Å². The van der Waals surface area contributed by atoms with Crippen molar-refractivity contribution in [1.82, 2.24) is 0 Å². The van der Waals surface area contributed by atoms with Crippen molar-refractivity contribution in [3.8, 4) is 0 Å². The van der Waals surface area contributed by atoms with E-state index in [1.54, 1.807) is 0 Å². The van der Waals surface area contributed by atoms with E-state index < -0.39 is 12.3 Å². The van der Waals surface area contributed by atoms with Crippen LogP contribution < -0.4 is 0 Å². The molecule has 0 atom stereocenters. The molecule has 0 amide bonds. The van der Waals surface area contributed by atoms with Gasteiger partial charge in [0.15, 0.2) is 0 Å². The third kappa shape index (κ3) is 12.2. The molecule has 6 heteroatoms. The molecule has 0 heterocycles. The van der Waals surface area contributed by atoms with E-state index in [-0.39, 0.29) is 13.2 Å². The Morgan fingerprint density at radius 2 is 1.00 bits per heavy atom. The first-order chi connectivity index (χ1) is 9.70. The largest absolute Gasteiger partial charge is 0.549 e. The molecule has 20 heavy (non-hydrogen) atoms. The monoisotopic (exact) mass is 284 g/mol. The van der Waals surface area contributed by atoms with E-state index in [1.165, 1.54) is 0 Å². The standard InChI is InChI=1S/C8H14O6.C6H6/c1-3-5-11-7(9)13-14-8(10)12-6-4-2;1-2-4-6-5-3-1/h3-6H2,1-2H3;1-6H. The van der Waals surface area contributed by atoms with Crippen LogP contribution >= 0.6 is 0 Å². The van der Waals surface area contributed by atoms with E-state index in [0.29, 0.717) is 12.8 Å². The zero-order valence-electron chi connectivity index (χ0n) is 11.7. The van der Waals surface area contributed by atoms with Crippen LogP contribution in [-0.4, -0.2) is 25.5 Å². The number of ether oxygens (including phenoxy) is 2. The van der Waals surface area contributed by atoms with Gasteiger partial charge in [0.2, 0.25) is 0 Å². The number of rotatable bonds is 4. The van der Waals surface area contributed by atoms with Crippen molar-refractivity contribution < 1.29 is 28.8 Å². The molecule has 0 aliphatic rings. The molecule has 112 valence electrons. The smallest absolute Gasteiger partial charge is 0.432 e. The fourth-order valence-corrected chi connectivity index (χ4v) is 0.872. The van der Waals surface area contributed by atoms with Gasteiger partial charge < -0.3 is 9.47 Å². The van der Waals surface area contributed by atoms with Crippen molar-refractivity contribution in [2.45, 2.75) is 26.7 Å². The Morgan fingerprint density at radius 3 is 1.25 bits per heavy atom. The van der Waals surface area contributed by atoms with E-state index in [1.807, 2.05) is 50.2 Å². The summed E-state index contributed by atoms with van der Waals surface area (Å²) in [6.07, 6.45) is -0.786. The van der Waals surface area contributed by atoms with Crippen LogP contribution in [-0.2, 0) is 19.2 Å². The first-order valence-electron chi connectivity index (χ1n) is 6.38. The van der Waals surface area contributed by atoms with Gasteiger partial charge in [0.05, 0.1) is 13.2 Å². The van der Waals surface area contributed by atoms with Crippen LogP contribution in [0.4, 0.5) is 9.59 Å². The zero-order chi connectivity index (χ0) is 15.1. The summed E-state index contributed by atoms with van der Waals surface area (Å²) < 4.78 is 8.90. The number of benzene rings is 1. The Morgan fingerprint density at radius 1 is 0.700 bits per heavy atom. The van der Waals surface area contributed by atoms with Gasteiger partial charge in [-0.15, -0.1) is 0 Å². The van der Waals surface area contributed by atoms with Crippen molar-refractivity contribution in [3.05, 3.63) is 36.4 Å². The molecule has 0 aromatic heterocycles. The third-order valence-corrected chi connectivity index (χ3v) is 1.69. The Labute approximate surface area is 118 Å². The lowest BCUT2D eigenvalue weighted by Gasteiger charge is -2.03. The highest BCUT2D eigenvalue weighted by molar-refractivity contribution is 5.63. The van der Waals surface area contributed by atoms with Gasteiger partial charge >= 0.3 is 12.3 Å². The van der Waals surface area contributed by atoms with Crippen molar-refractivity contribution >= 4 is 12.3 Å². The number of carbonyl (C=O) groups is 2. The molecule has 0 bridgehead atoms. The maximum absolute atomic E-state index is 10.6. The summed E-state index contributed by atoms with van der Waals surface area (Å²) in [7, 11) is 0. The minimum Gasteiger partial charge on any atom is -0.432 e. The van der Waals surface area contributed by atoms with Crippen molar-refractivity contribution in [1.29, 1.82) is 0 Å². The molecule has 0 aliphatic carbocycles. The highest BCUT2D eigenvalue weighted by Crippen LogP contribution is 1.93. The molecule has 1 aromatic carbocycles. The van der Waals surface area contributed by atoms with Crippen LogP contribution in [0, 0.1) is 0 Å². The van der Waals surface area contributed by atoms with Crippen LogP contribution in [0.3, 0.4) is 0 Å². The lowest BCUT2D eigenvalue weighted by Crippen LogP contribution is -2.14. The van der Waals surface area contributed by atoms with Gasteiger partial charge in [-0.2, -0.15) is 19.4 Å². The fourth-order valence-electron chi connectivity index (χ4n) is 0.872. The predicted molar refractivity (Wildman–Crippen MR) is 71.9 cm³/mol. The second-order valence-electron chi connectivity index (χ2n) is 3.52. The number of hydrogen-bond donors (Lipinski definition) is 0. The second kappa shape index (κ2) is 13.2. The number of hydrogen-bond acceptors (Lipinski definition) is 6. The first kappa shape index (κ1) is 17.8. The second-order valence-corrected chi connectivity index (χ2v) is 3.52. The van der Waals surface area contributed by atoms with Crippen molar-refractivity contribution in [3.63, 3.8) is 0 Å². The van der Waals surface area contributed by atoms with E-state index in [0.717, 1.165) is 0 Å². The normalized spacial score (nSPS) is 8.70. The molecule has 1 aromatic rings. The predicted octanol–water partition coefficient (Wildman–Crippen LogP) is 3.71. The Hall–Kier alpha value is -2.24. The minimum absolute atomic E-state index is 0.214. The quantitative estimate of drug-likeness (QED) is 0.477. The third-order valence-electron chi connectivity index (χ3n) is 1.69. The molecule has 0 saturated heterocycles. The van der Waals surface area contributed by atoms with Gasteiger partial charge in [-0.3, -0.25) is 0 Å². The summed E-state index contributed by atoms with van der Waals surface area (Å²) in [5.41, 5.74) is 0. The van der Waals surface area contributed by atoms with Crippen molar-refractivity contribution in [2.75, 3.05) is 13.2 Å². The van der Waals surface area contributed by atoms with Crippen LogP contribution in [0.25, 0.3) is 0 Å². The molecule has 0 fully saturated rings. The highest BCUT2D eigenvalue weighted by atomic mass is 17.3. The Balaban J connectivity index is 0.000000493. The first-order valence-corrected chi connectivity index (χ1v) is 6.38. The maximum atomic E-state index is 10.6. The highest BCUT2D eigenvalue weighted by Gasteiger charge is 2.10. The minimum atomic E-state index is -1.06. The molecule has 6 nitrogen and oxygen atoms in total. The zero-order valence-corrected chi connectivity index (χ0v) is 11.7. The molecule has 0 aliphatic heterocycles. The van der Waals surface area contributed by atoms with Gasteiger partial charge in [-0.25, -0.2) is 0 Å². The van der Waals surface area contributed by atoms with E-state index in [2.05, 4.69) is 19.2 Å². The maximum Gasteiger partial charge on any atom is 0.549 e. The molecule has 0 N–H and O–H groups in total. The lowest BCUT2D eigenvalue weighted by atomic mass is 10.4. The molecular formula is C14H20O6. The fraction of sp³-hybridized carbons (Fsp3) is 0.429. The van der Waals surface area contributed by atoms with Crippen LogP contribution in [0.1, 0.15) is 26.7 Å². The molecule has 1 rings (SSSR count). The molecule has 0 unspecified atom stereocenters. The Kier molecular flexibility index (Phi) is 11.7. The average molecular weight is 284 g/mol. The van der Waals surface area contributed by atoms with Crippen LogP contribution in [0.15, 0.2) is 36.4 Å². The summed E-state index contributed by atoms with van der Waals surface area (Å²) in [6.45, 7) is 4.08. The van der Waals surface area contributed by atoms with Gasteiger partial charge in [0.1, 0.15) is 0 Å². The van der Waals surface area contributed by atoms with Crippen LogP contribution in [0.2, 0.25) is 0 Å². The Bertz CT molecular complexity index is 305. The van der Waals surface area contributed by atoms with Crippen LogP contribution in [0.5, 0.6) is 0 Å². The molecule has 0 radical (unpaired) electrons. The van der Waals surface area contributed by atoms with Gasteiger partial charge in [0, 0.05) is 0 Å². The molecule has 0 saturated carbocycles. The van der Waals surface area contributed by atoms with Crippen molar-refractivity contribution in [2.24, 2.45) is 0 Å². The van der Waals surface area contributed by atoms with E-state index in [9.17, 15) is 9.59 Å². The SMILES string of the molecule is CCCOC(=O)OOC(=O)OCCC.c1ccccc1. The van der Waals surface area contributed by atoms with Gasteiger partial charge in [0.25, 0.3) is 0 Å². The summed E-state index contributed by atoms with van der Waals surface area (Å²) in [6, 6.07) is 12.0. The molecule has 0 spiro atoms. The van der Waals surface area contributed by atoms with Gasteiger partial charge in [-0.05, 0) is 12.8 Å². The van der Waals surface area contributed by atoms with E-state index >= 15 is 0 Å². The average Bonchev–Trinajstić information content (AvgIpc) is 2.51. The van der Waals surface area contributed by atoms with E-state index in [4.69, 9.17) is 0 Å². The summed E-state index contributed by atoms with van der Waals surface area (Å²) in [5.74, 6) is 0. The molecular weight excluding hydrogens is 264 g/mol. The summed E-state index contributed by atoms with van der Waals surface area (Å²) in [5, 5.41) is 0.